The minimum atomic E-state index is -2.88. The zero-order valence-corrected chi connectivity index (χ0v) is 12.0. The van der Waals surface area contributed by atoms with Crippen molar-refractivity contribution in [1.29, 1.82) is 0 Å². The highest BCUT2D eigenvalue weighted by Gasteiger charge is 2.12. The molecule has 0 bridgehead atoms. The molecule has 0 aliphatic carbocycles. The van der Waals surface area contributed by atoms with E-state index in [1.165, 1.54) is 6.26 Å². The average Bonchev–Trinajstić information content (AvgIpc) is 2.79. The van der Waals surface area contributed by atoms with E-state index in [-0.39, 0.29) is 11.8 Å². The maximum absolute atomic E-state index is 11.2. The van der Waals surface area contributed by atoms with Crippen LogP contribution in [-0.4, -0.2) is 33.0 Å². The molecule has 0 aliphatic heterocycles. The summed E-state index contributed by atoms with van der Waals surface area (Å²) < 4.78 is 27.7. The molecule has 4 nitrogen and oxygen atoms in total. The van der Waals surface area contributed by atoms with Gasteiger partial charge in [0, 0.05) is 18.7 Å². The molecule has 104 valence electrons. The fraction of sp³-hybridized carbons (Fsp3) is 0.692. The van der Waals surface area contributed by atoms with Crippen LogP contribution in [0.2, 0.25) is 0 Å². The first-order valence-corrected chi connectivity index (χ1v) is 8.51. The first kappa shape index (κ1) is 15.2. The van der Waals surface area contributed by atoms with Gasteiger partial charge < -0.3 is 9.73 Å². The molecule has 0 aliphatic rings. The van der Waals surface area contributed by atoms with Crippen LogP contribution in [0.25, 0.3) is 0 Å². The van der Waals surface area contributed by atoms with Gasteiger partial charge in [0.05, 0.1) is 12.0 Å². The van der Waals surface area contributed by atoms with Crippen LogP contribution in [0.15, 0.2) is 22.8 Å². The third-order valence-corrected chi connectivity index (χ3v) is 3.82. The predicted octanol–water partition coefficient (Wildman–Crippen LogP) is 2.02. The van der Waals surface area contributed by atoms with E-state index in [0.29, 0.717) is 6.42 Å². The van der Waals surface area contributed by atoms with Crippen molar-refractivity contribution < 1.29 is 12.8 Å². The summed E-state index contributed by atoms with van der Waals surface area (Å²) in [6, 6.07) is 4.07. The Morgan fingerprint density at radius 2 is 2.17 bits per heavy atom. The number of rotatable bonds is 9. The van der Waals surface area contributed by atoms with Crippen molar-refractivity contribution in [2.45, 2.75) is 38.6 Å². The Morgan fingerprint density at radius 3 is 2.72 bits per heavy atom. The quantitative estimate of drug-likeness (QED) is 0.748. The number of furan rings is 1. The number of sulfone groups is 1. The van der Waals surface area contributed by atoms with Crippen LogP contribution in [0.3, 0.4) is 0 Å². The molecule has 1 unspecified atom stereocenters. The van der Waals surface area contributed by atoms with Crippen LogP contribution in [-0.2, 0) is 16.3 Å². The van der Waals surface area contributed by atoms with Gasteiger partial charge in [-0.1, -0.05) is 6.92 Å². The second kappa shape index (κ2) is 7.59. The fourth-order valence-corrected chi connectivity index (χ4v) is 2.54. The van der Waals surface area contributed by atoms with Crippen molar-refractivity contribution in [2.24, 2.45) is 0 Å². The van der Waals surface area contributed by atoms with Crippen molar-refractivity contribution in [3.8, 4) is 0 Å². The van der Waals surface area contributed by atoms with Gasteiger partial charge in [0.15, 0.2) is 0 Å². The van der Waals surface area contributed by atoms with Gasteiger partial charge in [-0.3, -0.25) is 0 Å². The molecule has 0 fully saturated rings. The maximum atomic E-state index is 11.2. The standard InChI is InChI=1S/C13H23NO3S/c1-3-9-14-12(8-11-18(2,15)16)6-7-13-5-4-10-17-13/h4-5,10,12,14H,3,6-9,11H2,1-2H3. The zero-order chi connectivity index (χ0) is 13.4. The minimum absolute atomic E-state index is 0.241. The highest BCUT2D eigenvalue weighted by molar-refractivity contribution is 7.90. The summed E-state index contributed by atoms with van der Waals surface area (Å²) in [6.07, 6.45) is 6.42. The second-order valence-corrected chi connectivity index (χ2v) is 6.95. The molecular weight excluding hydrogens is 250 g/mol. The molecule has 0 amide bonds. The van der Waals surface area contributed by atoms with Gasteiger partial charge in [0.2, 0.25) is 0 Å². The number of aryl methyl sites for hydroxylation is 1. The molecule has 0 radical (unpaired) electrons. The van der Waals surface area contributed by atoms with Gasteiger partial charge >= 0.3 is 0 Å². The lowest BCUT2D eigenvalue weighted by Gasteiger charge is -2.17. The number of nitrogens with one attached hydrogen (secondary N) is 1. The first-order valence-electron chi connectivity index (χ1n) is 6.44. The van der Waals surface area contributed by atoms with Crippen molar-refractivity contribution >= 4 is 9.84 Å². The fourth-order valence-electron chi connectivity index (χ4n) is 1.82. The molecule has 18 heavy (non-hydrogen) atoms. The summed E-state index contributed by atoms with van der Waals surface area (Å²) in [5.41, 5.74) is 0. The summed E-state index contributed by atoms with van der Waals surface area (Å²) in [7, 11) is -2.88. The Hall–Kier alpha value is -0.810. The molecule has 1 atom stereocenters. The lowest BCUT2D eigenvalue weighted by atomic mass is 10.1. The zero-order valence-electron chi connectivity index (χ0n) is 11.2. The normalized spacial score (nSPS) is 13.7. The SMILES string of the molecule is CCCNC(CCc1ccco1)CCS(C)(=O)=O. The lowest BCUT2D eigenvalue weighted by Crippen LogP contribution is -2.32. The van der Waals surface area contributed by atoms with Gasteiger partial charge in [-0.15, -0.1) is 0 Å². The summed E-state index contributed by atoms with van der Waals surface area (Å²) in [4.78, 5) is 0. The third-order valence-electron chi connectivity index (χ3n) is 2.84. The first-order chi connectivity index (χ1) is 8.51. The monoisotopic (exact) mass is 273 g/mol. The number of hydrogen-bond acceptors (Lipinski definition) is 4. The van der Waals surface area contributed by atoms with Gasteiger partial charge in [0.25, 0.3) is 0 Å². The molecule has 0 saturated heterocycles. The van der Waals surface area contributed by atoms with Crippen molar-refractivity contribution in [1.82, 2.24) is 5.32 Å². The molecule has 0 saturated carbocycles. The Balaban J connectivity index is 2.39. The van der Waals surface area contributed by atoms with Crippen LogP contribution in [0, 0.1) is 0 Å². The second-order valence-electron chi connectivity index (χ2n) is 4.69. The van der Waals surface area contributed by atoms with E-state index in [1.54, 1.807) is 6.26 Å². The minimum Gasteiger partial charge on any atom is -0.469 e. The molecule has 1 aromatic heterocycles. The van der Waals surface area contributed by atoms with E-state index < -0.39 is 9.84 Å². The van der Waals surface area contributed by atoms with Gasteiger partial charge in [-0.2, -0.15) is 0 Å². The molecule has 1 N–H and O–H groups in total. The Labute approximate surface area is 110 Å². The van der Waals surface area contributed by atoms with Crippen LogP contribution in [0.1, 0.15) is 31.9 Å². The van der Waals surface area contributed by atoms with Crippen LogP contribution >= 0.6 is 0 Å². The molecule has 0 spiro atoms. The van der Waals surface area contributed by atoms with E-state index in [9.17, 15) is 8.42 Å². The molecular formula is C13H23NO3S. The summed E-state index contributed by atoms with van der Waals surface area (Å²) in [6.45, 7) is 3.03. The van der Waals surface area contributed by atoms with E-state index in [2.05, 4.69) is 12.2 Å². The highest BCUT2D eigenvalue weighted by atomic mass is 32.2. The predicted molar refractivity (Wildman–Crippen MR) is 73.4 cm³/mol. The van der Waals surface area contributed by atoms with Crippen molar-refractivity contribution in [2.75, 3.05) is 18.6 Å². The summed E-state index contributed by atoms with van der Waals surface area (Å²) in [5, 5.41) is 3.40. The molecule has 1 aromatic rings. The van der Waals surface area contributed by atoms with E-state index in [0.717, 1.165) is 31.6 Å². The van der Waals surface area contributed by atoms with E-state index in [4.69, 9.17) is 4.42 Å². The molecule has 1 rings (SSSR count). The Bertz CT molecular complexity index is 411. The average molecular weight is 273 g/mol. The maximum Gasteiger partial charge on any atom is 0.147 e. The van der Waals surface area contributed by atoms with Crippen LogP contribution in [0.4, 0.5) is 0 Å². The molecule has 1 heterocycles. The summed E-state index contributed by atoms with van der Waals surface area (Å²) >= 11 is 0. The van der Waals surface area contributed by atoms with E-state index >= 15 is 0 Å². The molecule has 5 heteroatoms. The largest absolute Gasteiger partial charge is 0.469 e. The van der Waals surface area contributed by atoms with Crippen LogP contribution in [0.5, 0.6) is 0 Å². The van der Waals surface area contributed by atoms with Gasteiger partial charge in [-0.05, 0) is 37.9 Å². The number of hydrogen-bond donors (Lipinski definition) is 1. The van der Waals surface area contributed by atoms with E-state index in [1.807, 2.05) is 12.1 Å². The molecule has 0 aromatic carbocycles. The van der Waals surface area contributed by atoms with Crippen LogP contribution < -0.4 is 5.32 Å². The van der Waals surface area contributed by atoms with Crippen molar-refractivity contribution in [3.63, 3.8) is 0 Å². The lowest BCUT2D eigenvalue weighted by molar-refractivity contribution is 0.435. The van der Waals surface area contributed by atoms with Crippen molar-refractivity contribution in [3.05, 3.63) is 24.2 Å². The topological polar surface area (TPSA) is 59.3 Å². The Kier molecular flexibility index (Phi) is 6.43. The summed E-state index contributed by atoms with van der Waals surface area (Å²) in [5.74, 6) is 1.20. The third kappa shape index (κ3) is 6.81. The Morgan fingerprint density at radius 1 is 1.39 bits per heavy atom. The van der Waals surface area contributed by atoms with Gasteiger partial charge in [-0.25, -0.2) is 8.42 Å². The highest BCUT2D eigenvalue weighted by Crippen LogP contribution is 2.09. The smallest absolute Gasteiger partial charge is 0.147 e. The van der Waals surface area contributed by atoms with Gasteiger partial charge in [0.1, 0.15) is 15.6 Å².